The van der Waals surface area contributed by atoms with Crippen molar-refractivity contribution in [3.8, 4) is 0 Å². The maximum absolute atomic E-state index is 5.97. The predicted octanol–water partition coefficient (Wildman–Crippen LogP) is 1.41. The molecule has 5 heteroatoms. The first-order chi connectivity index (χ1) is 11.7. The summed E-state index contributed by atoms with van der Waals surface area (Å²) in [5.74, 6) is 1.10. The van der Waals surface area contributed by atoms with Crippen LogP contribution in [-0.4, -0.2) is 68.1 Å². The molecule has 5 nitrogen and oxygen atoms in total. The highest BCUT2D eigenvalue weighted by Crippen LogP contribution is 2.06. The first-order valence-corrected chi connectivity index (χ1v) is 9.19. The van der Waals surface area contributed by atoms with Gasteiger partial charge >= 0.3 is 0 Å². The van der Waals surface area contributed by atoms with E-state index in [1.807, 2.05) is 6.07 Å². The Hall–Kier alpha value is -1.59. The minimum Gasteiger partial charge on any atom is -0.370 e. The van der Waals surface area contributed by atoms with Gasteiger partial charge in [-0.1, -0.05) is 44.2 Å². The molecule has 0 spiro atoms. The van der Waals surface area contributed by atoms with Gasteiger partial charge in [-0.05, 0) is 24.4 Å². The van der Waals surface area contributed by atoms with E-state index in [2.05, 4.69) is 58.2 Å². The molecular formula is C19H33N5. The maximum Gasteiger partial charge on any atom is 0.188 e. The van der Waals surface area contributed by atoms with Crippen LogP contribution < -0.4 is 11.1 Å². The molecule has 0 radical (unpaired) electrons. The van der Waals surface area contributed by atoms with Crippen molar-refractivity contribution in [1.29, 1.82) is 0 Å². The lowest BCUT2D eigenvalue weighted by Crippen LogP contribution is -2.47. The Morgan fingerprint density at radius 2 is 1.83 bits per heavy atom. The van der Waals surface area contributed by atoms with Crippen molar-refractivity contribution in [3.05, 3.63) is 35.9 Å². The molecule has 0 aromatic heterocycles. The summed E-state index contributed by atoms with van der Waals surface area (Å²) in [6.07, 6.45) is 0.967. The van der Waals surface area contributed by atoms with Crippen molar-refractivity contribution in [2.75, 3.05) is 52.4 Å². The fraction of sp³-hybridized carbons (Fsp3) is 0.632. The van der Waals surface area contributed by atoms with Crippen molar-refractivity contribution in [3.63, 3.8) is 0 Å². The number of hydrogen-bond donors (Lipinski definition) is 2. The standard InChI is InChI=1S/C19H33N5/c1-3-23-11-13-24(14-12-23)16-17(2)15-22-19(20)21-10-9-18-7-5-4-6-8-18/h4-8,17H,3,9-16H2,1-2H3,(H3,20,21,22). The van der Waals surface area contributed by atoms with Gasteiger partial charge in [-0.3, -0.25) is 4.99 Å². The summed E-state index contributed by atoms with van der Waals surface area (Å²) in [5.41, 5.74) is 7.29. The van der Waals surface area contributed by atoms with Gasteiger partial charge in [0.15, 0.2) is 5.96 Å². The minimum atomic E-state index is 0.535. The molecule has 3 N–H and O–H groups in total. The van der Waals surface area contributed by atoms with E-state index in [-0.39, 0.29) is 0 Å². The molecule has 1 aromatic rings. The Bertz CT molecular complexity index is 480. The fourth-order valence-corrected chi connectivity index (χ4v) is 3.08. The number of nitrogens with one attached hydrogen (secondary N) is 1. The molecular weight excluding hydrogens is 298 g/mol. The fourth-order valence-electron chi connectivity index (χ4n) is 3.08. The quantitative estimate of drug-likeness (QED) is 0.559. The summed E-state index contributed by atoms with van der Waals surface area (Å²) in [5, 5.41) is 3.21. The lowest BCUT2D eigenvalue weighted by atomic mass is 10.1. The van der Waals surface area contributed by atoms with Crippen LogP contribution in [0.4, 0.5) is 0 Å². The summed E-state index contributed by atoms with van der Waals surface area (Å²) in [6.45, 7) is 13.1. The number of rotatable bonds is 8. The van der Waals surface area contributed by atoms with E-state index in [0.29, 0.717) is 11.9 Å². The summed E-state index contributed by atoms with van der Waals surface area (Å²) in [7, 11) is 0. The second kappa shape index (κ2) is 10.3. The van der Waals surface area contributed by atoms with E-state index in [1.54, 1.807) is 0 Å². The molecule has 1 fully saturated rings. The van der Waals surface area contributed by atoms with Crippen LogP contribution in [0.3, 0.4) is 0 Å². The van der Waals surface area contributed by atoms with Gasteiger partial charge in [0.25, 0.3) is 0 Å². The lowest BCUT2D eigenvalue weighted by Gasteiger charge is -2.35. The third kappa shape index (κ3) is 6.89. The Morgan fingerprint density at radius 3 is 2.50 bits per heavy atom. The Morgan fingerprint density at radius 1 is 1.17 bits per heavy atom. The van der Waals surface area contributed by atoms with E-state index in [9.17, 15) is 0 Å². The van der Waals surface area contributed by atoms with Crippen molar-refractivity contribution in [2.24, 2.45) is 16.6 Å². The average molecular weight is 332 g/mol. The number of guanidine groups is 1. The van der Waals surface area contributed by atoms with E-state index in [4.69, 9.17) is 5.73 Å². The van der Waals surface area contributed by atoms with Crippen LogP contribution in [0, 0.1) is 5.92 Å². The summed E-state index contributed by atoms with van der Waals surface area (Å²) in [6, 6.07) is 10.4. The van der Waals surface area contributed by atoms with E-state index in [0.717, 1.165) is 26.1 Å². The number of hydrogen-bond acceptors (Lipinski definition) is 3. The zero-order valence-corrected chi connectivity index (χ0v) is 15.2. The van der Waals surface area contributed by atoms with Crippen LogP contribution in [0.15, 0.2) is 35.3 Å². The highest BCUT2D eigenvalue weighted by Gasteiger charge is 2.17. The molecule has 1 atom stereocenters. The molecule has 0 saturated carbocycles. The smallest absolute Gasteiger partial charge is 0.188 e. The maximum atomic E-state index is 5.97. The molecule has 0 aliphatic carbocycles. The Balaban J connectivity index is 1.61. The average Bonchev–Trinajstić information content (AvgIpc) is 2.61. The minimum absolute atomic E-state index is 0.535. The molecule has 1 aliphatic rings. The van der Waals surface area contributed by atoms with Gasteiger partial charge in [-0.25, -0.2) is 0 Å². The first kappa shape index (κ1) is 18.7. The highest BCUT2D eigenvalue weighted by molar-refractivity contribution is 5.77. The molecule has 1 saturated heterocycles. The molecule has 1 aromatic carbocycles. The number of nitrogens with zero attached hydrogens (tertiary/aromatic N) is 3. The molecule has 24 heavy (non-hydrogen) atoms. The van der Waals surface area contributed by atoms with Crippen molar-refractivity contribution < 1.29 is 0 Å². The third-order valence-corrected chi connectivity index (χ3v) is 4.62. The second-order valence-electron chi connectivity index (χ2n) is 6.73. The van der Waals surface area contributed by atoms with Gasteiger partial charge in [0.05, 0.1) is 0 Å². The summed E-state index contributed by atoms with van der Waals surface area (Å²) >= 11 is 0. The molecule has 1 unspecified atom stereocenters. The van der Waals surface area contributed by atoms with Crippen LogP contribution in [0.25, 0.3) is 0 Å². The van der Waals surface area contributed by atoms with Crippen molar-refractivity contribution in [1.82, 2.24) is 15.1 Å². The zero-order chi connectivity index (χ0) is 17.2. The molecule has 2 rings (SSSR count). The second-order valence-corrected chi connectivity index (χ2v) is 6.73. The third-order valence-electron chi connectivity index (χ3n) is 4.62. The number of benzene rings is 1. The van der Waals surface area contributed by atoms with Gasteiger partial charge in [0, 0.05) is 45.8 Å². The van der Waals surface area contributed by atoms with Gasteiger partial charge < -0.3 is 20.9 Å². The van der Waals surface area contributed by atoms with Crippen LogP contribution >= 0.6 is 0 Å². The highest BCUT2D eigenvalue weighted by atomic mass is 15.3. The van der Waals surface area contributed by atoms with Gasteiger partial charge in [0.2, 0.25) is 0 Å². The van der Waals surface area contributed by atoms with Crippen molar-refractivity contribution in [2.45, 2.75) is 20.3 Å². The normalized spacial score (nSPS) is 18.5. The Labute approximate surface area is 146 Å². The summed E-state index contributed by atoms with van der Waals surface area (Å²) in [4.78, 5) is 9.55. The molecule has 0 bridgehead atoms. The number of likely N-dealkylation sites (N-methyl/N-ethyl adjacent to an activating group) is 1. The predicted molar refractivity (Wildman–Crippen MR) is 102 cm³/mol. The molecule has 134 valence electrons. The largest absolute Gasteiger partial charge is 0.370 e. The number of aliphatic imine (C=N–C) groups is 1. The number of nitrogens with two attached hydrogens (primary N) is 1. The van der Waals surface area contributed by atoms with Crippen LogP contribution in [0.1, 0.15) is 19.4 Å². The van der Waals surface area contributed by atoms with E-state index < -0.39 is 0 Å². The first-order valence-electron chi connectivity index (χ1n) is 9.19. The zero-order valence-electron chi connectivity index (χ0n) is 15.2. The van der Waals surface area contributed by atoms with Crippen molar-refractivity contribution >= 4 is 5.96 Å². The monoisotopic (exact) mass is 331 g/mol. The SMILES string of the molecule is CCN1CCN(CC(C)CN=C(N)NCCc2ccccc2)CC1. The number of piperazine rings is 1. The molecule has 1 heterocycles. The summed E-state index contributed by atoms with van der Waals surface area (Å²) < 4.78 is 0. The Kier molecular flexibility index (Phi) is 8.05. The lowest BCUT2D eigenvalue weighted by molar-refractivity contribution is 0.125. The van der Waals surface area contributed by atoms with E-state index >= 15 is 0 Å². The van der Waals surface area contributed by atoms with Gasteiger partial charge in [-0.2, -0.15) is 0 Å². The topological polar surface area (TPSA) is 56.9 Å². The van der Waals surface area contributed by atoms with Crippen LogP contribution in [0.2, 0.25) is 0 Å². The molecule has 1 aliphatic heterocycles. The van der Waals surface area contributed by atoms with Crippen LogP contribution in [-0.2, 0) is 6.42 Å². The molecule has 0 amide bonds. The van der Waals surface area contributed by atoms with Crippen LogP contribution in [0.5, 0.6) is 0 Å². The van der Waals surface area contributed by atoms with Gasteiger partial charge in [0.1, 0.15) is 0 Å². The van der Waals surface area contributed by atoms with E-state index in [1.165, 1.54) is 38.3 Å². The van der Waals surface area contributed by atoms with Gasteiger partial charge in [-0.15, -0.1) is 0 Å².